The van der Waals surface area contributed by atoms with Gasteiger partial charge >= 0.3 is 5.97 Å². The molecule has 1 N–H and O–H groups in total. The van der Waals surface area contributed by atoms with Gasteiger partial charge in [0.05, 0.1) is 7.11 Å². The Morgan fingerprint density at radius 2 is 1.60 bits per heavy atom. The van der Waals surface area contributed by atoms with Crippen LogP contribution >= 0.6 is 0 Å². The summed E-state index contributed by atoms with van der Waals surface area (Å²) in [7, 11) is 1.24. The largest absolute Gasteiger partial charge is 0.466 e. The molecule has 0 atom stereocenters. The number of nitrogens with one attached hydrogen (secondary N) is 1. The van der Waals surface area contributed by atoms with Gasteiger partial charge < -0.3 is 10.1 Å². The summed E-state index contributed by atoms with van der Waals surface area (Å²) in [5.74, 6) is -1.42. The number of esters is 1. The second-order valence-corrected chi connectivity index (χ2v) is 5.52. The molecule has 0 radical (unpaired) electrons. The molecule has 0 aliphatic rings. The van der Waals surface area contributed by atoms with Crippen LogP contribution in [0.1, 0.15) is 23.6 Å². The molecule has 25 heavy (non-hydrogen) atoms. The predicted octanol–water partition coefficient (Wildman–Crippen LogP) is 2.23. The van der Waals surface area contributed by atoms with E-state index in [1.165, 1.54) is 32.3 Å². The number of carbonyl (C=O) groups is 4. The number of rotatable bonds is 7. The lowest BCUT2D eigenvalue weighted by Crippen LogP contribution is -2.10. The van der Waals surface area contributed by atoms with Gasteiger partial charge in [0.1, 0.15) is 0 Å². The lowest BCUT2D eigenvalue weighted by molar-refractivity contribution is -0.135. The molecule has 6 nitrogen and oxygen atoms in total. The minimum Gasteiger partial charge on any atom is -0.466 e. The van der Waals surface area contributed by atoms with Crippen molar-refractivity contribution in [1.29, 1.82) is 0 Å². The van der Waals surface area contributed by atoms with E-state index in [0.717, 1.165) is 22.8 Å². The number of allylic oxidation sites excluding steroid dienone is 2. The highest BCUT2D eigenvalue weighted by Gasteiger charge is 2.10. The van der Waals surface area contributed by atoms with Crippen molar-refractivity contribution in [2.45, 2.75) is 27.2 Å². The first-order chi connectivity index (χ1) is 11.7. The van der Waals surface area contributed by atoms with Crippen LogP contribution < -0.4 is 5.32 Å². The Morgan fingerprint density at radius 3 is 2.12 bits per heavy atom. The van der Waals surface area contributed by atoms with E-state index in [-0.39, 0.29) is 18.0 Å². The lowest BCUT2D eigenvalue weighted by Gasteiger charge is -2.12. The molecule has 0 saturated carbocycles. The molecular formula is C19H21NO5. The quantitative estimate of drug-likeness (QED) is 0.606. The summed E-state index contributed by atoms with van der Waals surface area (Å²) in [6.07, 6.45) is 4.78. The number of carbonyl (C=O) groups excluding carboxylic acids is 4. The average Bonchev–Trinajstić information content (AvgIpc) is 2.54. The van der Waals surface area contributed by atoms with Gasteiger partial charge in [-0.2, -0.15) is 0 Å². The summed E-state index contributed by atoms with van der Waals surface area (Å²) in [6.45, 7) is 5.03. The lowest BCUT2D eigenvalue weighted by atomic mass is 9.97. The molecule has 1 rings (SSSR count). The number of hydrogen-bond acceptors (Lipinski definition) is 5. The van der Waals surface area contributed by atoms with Crippen molar-refractivity contribution in [3.63, 3.8) is 0 Å². The Morgan fingerprint density at radius 1 is 1.00 bits per heavy atom. The zero-order valence-electron chi connectivity index (χ0n) is 14.7. The summed E-state index contributed by atoms with van der Waals surface area (Å²) in [6, 6.07) is 3.50. The molecule has 0 saturated heterocycles. The first-order valence-corrected chi connectivity index (χ1v) is 7.61. The molecule has 0 aliphatic carbocycles. The van der Waals surface area contributed by atoms with E-state index in [0.29, 0.717) is 5.69 Å². The van der Waals surface area contributed by atoms with Crippen molar-refractivity contribution in [1.82, 2.24) is 0 Å². The SMILES string of the molecule is COC(=O)/C=C\C(=O)Cc1c(C)cc(NC(=O)/C=C\C(C)=O)cc1C. The maximum Gasteiger partial charge on any atom is 0.330 e. The fourth-order valence-corrected chi connectivity index (χ4v) is 2.18. The van der Waals surface area contributed by atoms with Crippen LogP contribution in [0.2, 0.25) is 0 Å². The fraction of sp³-hybridized carbons (Fsp3) is 0.263. The van der Waals surface area contributed by atoms with Crippen molar-refractivity contribution in [3.8, 4) is 0 Å². The molecular weight excluding hydrogens is 322 g/mol. The molecule has 1 aromatic rings. The van der Waals surface area contributed by atoms with Gasteiger partial charge in [0, 0.05) is 24.3 Å². The van der Waals surface area contributed by atoms with E-state index < -0.39 is 11.9 Å². The Bertz CT molecular complexity index is 736. The van der Waals surface area contributed by atoms with Crippen molar-refractivity contribution in [3.05, 3.63) is 53.1 Å². The van der Waals surface area contributed by atoms with Crippen LogP contribution in [0.15, 0.2) is 36.4 Å². The Balaban J connectivity index is 2.87. The molecule has 0 aromatic heterocycles. The molecule has 0 bridgehead atoms. The minimum atomic E-state index is -0.585. The van der Waals surface area contributed by atoms with Gasteiger partial charge in [-0.3, -0.25) is 14.4 Å². The van der Waals surface area contributed by atoms with Gasteiger partial charge in [-0.25, -0.2) is 4.79 Å². The third kappa shape index (κ3) is 6.95. The van der Waals surface area contributed by atoms with Crippen LogP contribution in [-0.2, 0) is 30.3 Å². The number of hydrogen-bond donors (Lipinski definition) is 1. The van der Waals surface area contributed by atoms with Crippen molar-refractivity contribution in [2.24, 2.45) is 0 Å². The Labute approximate surface area is 146 Å². The average molecular weight is 343 g/mol. The van der Waals surface area contributed by atoms with E-state index >= 15 is 0 Å². The van der Waals surface area contributed by atoms with Crippen LogP contribution in [0, 0.1) is 13.8 Å². The first-order valence-electron chi connectivity index (χ1n) is 7.61. The third-order valence-corrected chi connectivity index (χ3v) is 3.39. The number of benzene rings is 1. The number of ketones is 2. The zero-order valence-corrected chi connectivity index (χ0v) is 14.7. The van der Waals surface area contributed by atoms with Gasteiger partial charge in [-0.1, -0.05) is 0 Å². The maximum absolute atomic E-state index is 11.9. The summed E-state index contributed by atoms with van der Waals surface area (Å²) in [4.78, 5) is 45.5. The van der Waals surface area contributed by atoms with Crippen molar-refractivity contribution < 1.29 is 23.9 Å². The highest BCUT2D eigenvalue weighted by Crippen LogP contribution is 2.21. The van der Waals surface area contributed by atoms with Gasteiger partial charge in [-0.15, -0.1) is 0 Å². The molecule has 0 heterocycles. The second kappa shape index (κ2) is 9.32. The Hall–Kier alpha value is -3.02. The number of ether oxygens (including phenoxy) is 1. The molecule has 132 valence electrons. The van der Waals surface area contributed by atoms with Crippen LogP contribution in [0.5, 0.6) is 0 Å². The van der Waals surface area contributed by atoms with Crippen LogP contribution in [0.25, 0.3) is 0 Å². The van der Waals surface area contributed by atoms with Gasteiger partial charge in [0.25, 0.3) is 0 Å². The number of methoxy groups -OCH3 is 1. The third-order valence-electron chi connectivity index (χ3n) is 3.39. The second-order valence-electron chi connectivity index (χ2n) is 5.52. The molecule has 0 fully saturated rings. The maximum atomic E-state index is 11.9. The molecule has 0 unspecified atom stereocenters. The van der Waals surface area contributed by atoms with Crippen LogP contribution in [-0.4, -0.2) is 30.6 Å². The smallest absolute Gasteiger partial charge is 0.330 e. The zero-order chi connectivity index (χ0) is 19.0. The van der Waals surface area contributed by atoms with Crippen molar-refractivity contribution >= 4 is 29.1 Å². The van der Waals surface area contributed by atoms with E-state index in [1.54, 1.807) is 12.1 Å². The highest BCUT2D eigenvalue weighted by molar-refractivity contribution is 6.03. The van der Waals surface area contributed by atoms with E-state index in [9.17, 15) is 19.2 Å². The number of anilines is 1. The normalized spacial score (nSPS) is 10.9. The summed E-state index contributed by atoms with van der Waals surface area (Å²) in [5.41, 5.74) is 3.09. The fourth-order valence-electron chi connectivity index (χ4n) is 2.18. The first kappa shape index (κ1) is 20.0. The molecule has 0 aliphatic heterocycles. The molecule has 1 aromatic carbocycles. The van der Waals surface area contributed by atoms with Crippen LogP contribution in [0.4, 0.5) is 5.69 Å². The summed E-state index contributed by atoms with van der Waals surface area (Å²) < 4.78 is 4.44. The van der Waals surface area contributed by atoms with E-state index in [4.69, 9.17) is 0 Å². The van der Waals surface area contributed by atoms with Gasteiger partial charge in [0.15, 0.2) is 11.6 Å². The number of aryl methyl sites for hydroxylation is 2. The minimum absolute atomic E-state index is 0.142. The van der Waals surface area contributed by atoms with Crippen molar-refractivity contribution in [2.75, 3.05) is 12.4 Å². The molecule has 0 spiro atoms. The molecule has 6 heteroatoms. The van der Waals surface area contributed by atoms with Gasteiger partial charge in [-0.05, 0) is 61.7 Å². The van der Waals surface area contributed by atoms with Gasteiger partial charge in [0.2, 0.25) is 5.91 Å². The van der Waals surface area contributed by atoms with E-state index in [2.05, 4.69) is 10.1 Å². The summed E-state index contributed by atoms with van der Waals surface area (Å²) >= 11 is 0. The molecule has 1 amide bonds. The standard InChI is InChI=1S/C19H21NO5/c1-12-9-15(20-18(23)7-5-14(3)21)10-13(2)17(12)11-16(22)6-8-19(24)25-4/h5-10H,11H2,1-4H3,(H,20,23)/b7-5-,8-6-. The number of amides is 1. The topological polar surface area (TPSA) is 89.5 Å². The van der Waals surface area contributed by atoms with Crippen LogP contribution in [0.3, 0.4) is 0 Å². The Kier molecular flexibility index (Phi) is 7.46. The summed E-state index contributed by atoms with van der Waals surface area (Å²) in [5, 5.41) is 2.67. The monoisotopic (exact) mass is 343 g/mol. The highest BCUT2D eigenvalue weighted by atomic mass is 16.5. The predicted molar refractivity (Wildman–Crippen MR) is 94.2 cm³/mol. The van der Waals surface area contributed by atoms with E-state index in [1.807, 2.05) is 13.8 Å².